The molecular weight excluding hydrogens is 258 g/mol. The topological polar surface area (TPSA) is 59.8 Å². The molecule has 5 nitrogen and oxygen atoms in total. The zero-order valence-electron chi connectivity index (χ0n) is 12.4. The molecule has 0 radical (unpaired) electrons. The number of hydrogen-bond acceptors (Lipinski definition) is 4. The number of carbonyl (C=O) groups excluding carboxylic acids is 2. The lowest BCUT2D eigenvalue weighted by Crippen LogP contribution is -2.43. The number of amides is 1. The van der Waals surface area contributed by atoms with E-state index in [1.54, 1.807) is 17.9 Å². The Morgan fingerprint density at radius 3 is 2.65 bits per heavy atom. The Morgan fingerprint density at radius 1 is 1.40 bits per heavy atom. The Bertz CT molecular complexity index is 512. The lowest BCUT2D eigenvalue weighted by molar-refractivity contribution is -0.159. The van der Waals surface area contributed by atoms with Gasteiger partial charge in [0.05, 0.1) is 11.8 Å². The minimum absolute atomic E-state index is 0.162. The number of furan rings is 1. The maximum absolute atomic E-state index is 12.5. The number of likely N-dealkylation sites (tertiary alicyclic amines) is 1. The highest BCUT2D eigenvalue weighted by Gasteiger charge is 2.37. The standard InChI is InChI=1S/C15H21NO4/c1-10-11(7-9-19-10)13(17)16-8-5-6-12(16)14(18)20-15(2,3)4/h7,9,12H,5-6,8H2,1-4H3/t12-/m1/s1. The third kappa shape index (κ3) is 3.03. The molecule has 0 unspecified atom stereocenters. The quantitative estimate of drug-likeness (QED) is 0.781. The summed E-state index contributed by atoms with van der Waals surface area (Å²) < 4.78 is 10.6. The van der Waals surface area contributed by atoms with Crippen molar-refractivity contribution in [3.05, 3.63) is 23.7 Å². The number of hydrogen-bond donors (Lipinski definition) is 0. The van der Waals surface area contributed by atoms with Crippen LogP contribution >= 0.6 is 0 Å². The van der Waals surface area contributed by atoms with Crippen LogP contribution in [-0.2, 0) is 9.53 Å². The third-order valence-electron chi connectivity index (χ3n) is 3.28. The molecule has 0 saturated carbocycles. The van der Waals surface area contributed by atoms with Crippen molar-refractivity contribution < 1.29 is 18.7 Å². The van der Waals surface area contributed by atoms with Crippen molar-refractivity contribution in [1.29, 1.82) is 0 Å². The highest BCUT2D eigenvalue weighted by Crippen LogP contribution is 2.24. The molecule has 5 heteroatoms. The Hall–Kier alpha value is -1.78. The molecule has 110 valence electrons. The Kier molecular flexibility index (Phi) is 3.88. The van der Waals surface area contributed by atoms with Gasteiger partial charge in [0.25, 0.3) is 5.91 Å². The third-order valence-corrected chi connectivity index (χ3v) is 3.28. The summed E-state index contributed by atoms with van der Waals surface area (Å²) in [6.45, 7) is 7.80. The summed E-state index contributed by atoms with van der Waals surface area (Å²) in [7, 11) is 0. The summed E-state index contributed by atoms with van der Waals surface area (Å²) in [6, 6.07) is 1.15. The summed E-state index contributed by atoms with van der Waals surface area (Å²) in [4.78, 5) is 26.2. The molecule has 20 heavy (non-hydrogen) atoms. The van der Waals surface area contributed by atoms with Crippen LogP contribution in [0, 0.1) is 6.92 Å². The molecule has 2 heterocycles. The summed E-state index contributed by atoms with van der Waals surface area (Å²) in [5.74, 6) is 0.0824. The first-order chi connectivity index (χ1) is 9.29. The van der Waals surface area contributed by atoms with E-state index in [2.05, 4.69) is 0 Å². The van der Waals surface area contributed by atoms with Gasteiger partial charge < -0.3 is 14.1 Å². The van der Waals surface area contributed by atoms with Crippen molar-refractivity contribution in [2.45, 2.75) is 52.2 Å². The molecule has 0 N–H and O–H groups in total. The molecule has 1 aromatic rings. The van der Waals surface area contributed by atoms with Crippen LogP contribution in [0.3, 0.4) is 0 Å². The molecule has 1 aliphatic rings. The Morgan fingerprint density at radius 2 is 2.10 bits per heavy atom. The predicted molar refractivity (Wildman–Crippen MR) is 73.3 cm³/mol. The van der Waals surface area contributed by atoms with Crippen molar-refractivity contribution in [2.75, 3.05) is 6.54 Å². The number of aryl methyl sites for hydroxylation is 1. The normalized spacial score (nSPS) is 19.2. The van der Waals surface area contributed by atoms with Crippen molar-refractivity contribution in [3.8, 4) is 0 Å². The molecule has 0 aromatic carbocycles. The predicted octanol–water partition coefficient (Wildman–Crippen LogP) is 2.53. The fourth-order valence-electron chi connectivity index (χ4n) is 2.39. The molecule has 0 spiro atoms. The van der Waals surface area contributed by atoms with E-state index in [-0.39, 0.29) is 11.9 Å². The summed E-state index contributed by atoms with van der Waals surface area (Å²) >= 11 is 0. The molecule has 1 aliphatic heterocycles. The fraction of sp³-hybridized carbons (Fsp3) is 0.600. The zero-order valence-corrected chi connectivity index (χ0v) is 12.4. The average molecular weight is 279 g/mol. The SMILES string of the molecule is Cc1occc1C(=O)N1CCC[C@@H]1C(=O)OC(C)(C)C. The summed E-state index contributed by atoms with van der Waals surface area (Å²) in [6.07, 6.45) is 2.95. The maximum atomic E-state index is 12.5. The molecule has 1 aromatic heterocycles. The van der Waals surface area contributed by atoms with Gasteiger partial charge in [-0.05, 0) is 46.6 Å². The van der Waals surface area contributed by atoms with Gasteiger partial charge in [-0.1, -0.05) is 0 Å². The van der Waals surface area contributed by atoms with E-state index in [0.717, 1.165) is 6.42 Å². The van der Waals surface area contributed by atoms with Crippen LogP contribution in [-0.4, -0.2) is 35.0 Å². The van der Waals surface area contributed by atoms with Crippen LogP contribution in [0.25, 0.3) is 0 Å². The lowest BCUT2D eigenvalue weighted by Gasteiger charge is -2.27. The number of esters is 1. The molecule has 1 fully saturated rings. The van der Waals surface area contributed by atoms with E-state index in [9.17, 15) is 9.59 Å². The first kappa shape index (κ1) is 14.6. The molecule has 0 bridgehead atoms. The van der Waals surface area contributed by atoms with E-state index in [1.807, 2.05) is 20.8 Å². The second-order valence-electron chi connectivity index (χ2n) is 6.08. The van der Waals surface area contributed by atoms with Crippen LogP contribution in [0.15, 0.2) is 16.7 Å². The van der Waals surface area contributed by atoms with E-state index in [1.165, 1.54) is 6.26 Å². The number of ether oxygens (including phenoxy) is 1. The van der Waals surface area contributed by atoms with Gasteiger partial charge in [0.2, 0.25) is 0 Å². The Labute approximate surface area is 118 Å². The second-order valence-corrected chi connectivity index (χ2v) is 6.08. The zero-order chi connectivity index (χ0) is 14.9. The van der Waals surface area contributed by atoms with E-state index in [0.29, 0.717) is 24.3 Å². The monoisotopic (exact) mass is 279 g/mol. The number of rotatable bonds is 2. The molecule has 1 saturated heterocycles. The summed E-state index contributed by atoms with van der Waals surface area (Å²) in [5, 5.41) is 0. The fourth-order valence-corrected chi connectivity index (χ4v) is 2.39. The van der Waals surface area contributed by atoms with Crippen molar-refractivity contribution in [2.24, 2.45) is 0 Å². The molecule has 0 aliphatic carbocycles. The largest absolute Gasteiger partial charge is 0.469 e. The highest BCUT2D eigenvalue weighted by atomic mass is 16.6. The maximum Gasteiger partial charge on any atom is 0.329 e. The average Bonchev–Trinajstić information content (AvgIpc) is 2.93. The van der Waals surface area contributed by atoms with Crippen LogP contribution in [0.1, 0.15) is 49.7 Å². The van der Waals surface area contributed by atoms with Gasteiger partial charge in [0.1, 0.15) is 17.4 Å². The van der Waals surface area contributed by atoms with Crippen LogP contribution < -0.4 is 0 Å². The van der Waals surface area contributed by atoms with Gasteiger partial charge in [-0.2, -0.15) is 0 Å². The molecular formula is C15H21NO4. The van der Waals surface area contributed by atoms with Gasteiger partial charge in [0.15, 0.2) is 0 Å². The first-order valence-electron chi connectivity index (χ1n) is 6.87. The van der Waals surface area contributed by atoms with Gasteiger partial charge >= 0.3 is 5.97 Å². The molecule has 2 rings (SSSR count). The van der Waals surface area contributed by atoms with Gasteiger partial charge in [0, 0.05) is 6.54 Å². The van der Waals surface area contributed by atoms with E-state index in [4.69, 9.17) is 9.15 Å². The van der Waals surface area contributed by atoms with Crippen LogP contribution in [0.5, 0.6) is 0 Å². The second kappa shape index (κ2) is 5.31. The van der Waals surface area contributed by atoms with Gasteiger partial charge in [-0.25, -0.2) is 4.79 Å². The van der Waals surface area contributed by atoms with E-state index >= 15 is 0 Å². The lowest BCUT2D eigenvalue weighted by atomic mass is 10.1. The van der Waals surface area contributed by atoms with Crippen molar-refractivity contribution in [1.82, 2.24) is 4.90 Å². The Balaban J connectivity index is 2.13. The van der Waals surface area contributed by atoms with E-state index < -0.39 is 11.6 Å². The first-order valence-corrected chi connectivity index (χ1v) is 6.87. The minimum Gasteiger partial charge on any atom is -0.469 e. The van der Waals surface area contributed by atoms with Crippen LogP contribution in [0.2, 0.25) is 0 Å². The van der Waals surface area contributed by atoms with Crippen molar-refractivity contribution in [3.63, 3.8) is 0 Å². The van der Waals surface area contributed by atoms with Gasteiger partial charge in [-0.15, -0.1) is 0 Å². The number of nitrogens with zero attached hydrogens (tertiary/aromatic N) is 1. The van der Waals surface area contributed by atoms with Gasteiger partial charge in [-0.3, -0.25) is 4.79 Å². The molecule has 1 atom stereocenters. The van der Waals surface area contributed by atoms with Crippen molar-refractivity contribution >= 4 is 11.9 Å². The minimum atomic E-state index is -0.542. The smallest absolute Gasteiger partial charge is 0.329 e. The van der Waals surface area contributed by atoms with Crippen LogP contribution in [0.4, 0.5) is 0 Å². The molecule has 1 amide bonds. The highest BCUT2D eigenvalue weighted by molar-refractivity contribution is 5.97. The number of carbonyl (C=O) groups is 2. The summed E-state index contributed by atoms with van der Waals surface area (Å²) in [5.41, 5.74) is -0.0274.